The molecule has 0 aliphatic heterocycles. The van der Waals surface area contributed by atoms with Crippen molar-refractivity contribution >= 4 is 17.1 Å². The van der Waals surface area contributed by atoms with E-state index in [1.54, 1.807) is 7.11 Å². The van der Waals surface area contributed by atoms with Crippen LogP contribution < -0.4 is 9.64 Å². The molecule has 0 amide bonds. The predicted octanol–water partition coefficient (Wildman–Crippen LogP) is 14.1. The van der Waals surface area contributed by atoms with Crippen molar-refractivity contribution in [2.24, 2.45) is 0 Å². The van der Waals surface area contributed by atoms with Crippen LogP contribution in [0.2, 0.25) is 0 Å². The lowest BCUT2D eigenvalue weighted by Gasteiger charge is -2.28. The van der Waals surface area contributed by atoms with Crippen molar-refractivity contribution in [2.45, 2.75) is 19.3 Å². The molecule has 1 aliphatic carbocycles. The molecule has 1 aliphatic rings. The Hall–Kier alpha value is -6.64. The number of methoxy groups -OCH3 is 1. The lowest BCUT2D eigenvalue weighted by atomic mass is 9.81. The number of hydrogen-bond donors (Lipinski definition) is 0. The molecule has 260 valence electrons. The Morgan fingerprint density at radius 2 is 0.833 bits per heavy atom. The maximum Gasteiger partial charge on any atom is 0.126 e. The van der Waals surface area contributed by atoms with Crippen LogP contribution in [0, 0.1) is 0 Å². The van der Waals surface area contributed by atoms with E-state index in [0.29, 0.717) is 0 Å². The van der Waals surface area contributed by atoms with Crippen molar-refractivity contribution in [3.05, 3.63) is 205 Å². The Balaban J connectivity index is 1.12. The summed E-state index contributed by atoms with van der Waals surface area (Å²) in [5.41, 5.74) is 17.9. The Morgan fingerprint density at radius 1 is 0.352 bits per heavy atom. The smallest absolute Gasteiger partial charge is 0.126 e. The SMILES string of the molecule is COc1ccccc1-c1ccc(-c2ccc3c(c2)C(C)(C)c2cc(N(c4ccccc4)c4ccc(-c5ccccc5)cc4)ccc2-3)c(-c2ccccc2)c1. The highest BCUT2D eigenvalue weighted by Crippen LogP contribution is 2.52. The average Bonchev–Trinajstić information content (AvgIpc) is 3.46. The zero-order chi connectivity index (χ0) is 36.6. The van der Waals surface area contributed by atoms with Gasteiger partial charge in [0.25, 0.3) is 0 Å². The molecular formula is C52H41NO. The minimum atomic E-state index is -0.208. The summed E-state index contributed by atoms with van der Waals surface area (Å²) in [6.45, 7) is 4.74. The van der Waals surface area contributed by atoms with E-state index in [0.717, 1.165) is 33.9 Å². The molecule has 8 aromatic carbocycles. The van der Waals surface area contributed by atoms with E-state index >= 15 is 0 Å². The number of ether oxygens (including phenoxy) is 1. The number of rotatable bonds is 8. The Kier molecular flexibility index (Phi) is 8.44. The molecule has 9 rings (SSSR count). The van der Waals surface area contributed by atoms with Crippen LogP contribution in [0.3, 0.4) is 0 Å². The predicted molar refractivity (Wildman–Crippen MR) is 227 cm³/mol. The fraction of sp³-hybridized carbons (Fsp3) is 0.0769. The first kappa shape index (κ1) is 33.2. The molecule has 0 heterocycles. The number of benzene rings is 8. The lowest BCUT2D eigenvalue weighted by Crippen LogP contribution is -2.16. The second kappa shape index (κ2) is 13.7. The summed E-state index contributed by atoms with van der Waals surface area (Å²) in [5.74, 6) is 0.871. The van der Waals surface area contributed by atoms with Gasteiger partial charge in [0, 0.05) is 28.0 Å². The second-order valence-electron chi connectivity index (χ2n) is 14.5. The van der Waals surface area contributed by atoms with E-state index in [9.17, 15) is 0 Å². The fourth-order valence-electron chi connectivity index (χ4n) is 8.19. The first-order chi connectivity index (χ1) is 26.5. The number of fused-ring (bicyclic) bond motifs is 3. The van der Waals surface area contributed by atoms with E-state index < -0.39 is 0 Å². The molecule has 0 saturated heterocycles. The van der Waals surface area contributed by atoms with Gasteiger partial charge in [0.1, 0.15) is 5.75 Å². The van der Waals surface area contributed by atoms with Gasteiger partial charge in [0.05, 0.1) is 7.11 Å². The molecule has 2 heteroatoms. The number of anilines is 3. The topological polar surface area (TPSA) is 12.5 Å². The monoisotopic (exact) mass is 695 g/mol. The molecule has 0 saturated carbocycles. The third-order valence-electron chi connectivity index (χ3n) is 11.0. The van der Waals surface area contributed by atoms with E-state index in [1.807, 2.05) is 12.1 Å². The van der Waals surface area contributed by atoms with Crippen LogP contribution in [0.1, 0.15) is 25.0 Å². The van der Waals surface area contributed by atoms with Gasteiger partial charge in [-0.25, -0.2) is 0 Å². The Bertz CT molecular complexity index is 2590. The Morgan fingerprint density at radius 3 is 1.52 bits per heavy atom. The average molecular weight is 696 g/mol. The molecule has 0 radical (unpaired) electrons. The highest BCUT2D eigenvalue weighted by molar-refractivity contribution is 5.92. The first-order valence-electron chi connectivity index (χ1n) is 18.6. The van der Waals surface area contributed by atoms with Crippen LogP contribution in [0.25, 0.3) is 55.6 Å². The van der Waals surface area contributed by atoms with Crippen molar-refractivity contribution in [2.75, 3.05) is 12.0 Å². The third-order valence-corrected chi connectivity index (χ3v) is 11.0. The summed E-state index contributed by atoms with van der Waals surface area (Å²) < 4.78 is 5.76. The molecule has 0 fully saturated rings. The van der Waals surface area contributed by atoms with Crippen LogP contribution in [-0.4, -0.2) is 7.11 Å². The van der Waals surface area contributed by atoms with Crippen LogP contribution in [-0.2, 0) is 5.41 Å². The summed E-state index contributed by atoms with van der Waals surface area (Å²) in [6, 6.07) is 70.0. The number of para-hydroxylation sites is 2. The van der Waals surface area contributed by atoms with Gasteiger partial charge < -0.3 is 9.64 Å². The quantitative estimate of drug-likeness (QED) is 0.157. The molecule has 0 unspecified atom stereocenters. The highest BCUT2D eigenvalue weighted by Gasteiger charge is 2.36. The van der Waals surface area contributed by atoms with Crippen molar-refractivity contribution in [3.63, 3.8) is 0 Å². The summed E-state index contributed by atoms with van der Waals surface area (Å²) in [5, 5.41) is 0. The zero-order valence-corrected chi connectivity index (χ0v) is 30.8. The standard InChI is InChI=1S/C52H41NO/c1-52(2)49-34-40(44-30-25-39(45-21-13-14-22-51(45)54-3)33-48(44)38-17-9-5-10-18-38)26-31-46(49)47-32-29-43(35-50(47)52)53(41-19-11-6-12-20-41)42-27-23-37(24-28-42)36-15-7-4-8-16-36/h4-35H,1-3H3. The molecular weight excluding hydrogens is 655 g/mol. The second-order valence-corrected chi connectivity index (χ2v) is 14.5. The molecule has 0 spiro atoms. The van der Waals surface area contributed by atoms with Crippen LogP contribution in [0.5, 0.6) is 5.75 Å². The minimum absolute atomic E-state index is 0.208. The maximum absolute atomic E-state index is 5.76. The van der Waals surface area contributed by atoms with Gasteiger partial charge >= 0.3 is 0 Å². The molecule has 54 heavy (non-hydrogen) atoms. The molecule has 0 aromatic heterocycles. The molecule has 2 nitrogen and oxygen atoms in total. The normalized spacial score (nSPS) is 12.5. The van der Waals surface area contributed by atoms with Crippen LogP contribution in [0.15, 0.2) is 194 Å². The van der Waals surface area contributed by atoms with Gasteiger partial charge in [0.2, 0.25) is 0 Å². The van der Waals surface area contributed by atoms with Gasteiger partial charge in [-0.3, -0.25) is 0 Å². The van der Waals surface area contributed by atoms with Crippen molar-refractivity contribution in [1.29, 1.82) is 0 Å². The van der Waals surface area contributed by atoms with Crippen molar-refractivity contribution in [1.82, 2.24) is 0 Å². The summed E-state index contributed by atoms with van der Waals surface area (Å²) >= 11 is 0. The highest BCUT2D eigenvalue weighted by atomic mass is 16.5. The van der Waals surface area contributed by atoms with Gasteiger partial charge in [-0.15, -0.1) is 0 Å². The third kappa shape index (κ3) is 5.87. The van der Waals surface area contributed by atoms with E-state index in [1.165, 1.54) is 55.6 Å². The van der Waals surface area contributed by atoms with E-state index in [4.69, 9.17) is 4.74 Å². The van der Waals surface area contributed by atoms with Crippen molar-refractivity contribution in [3.8, 4) is 61.4 Å². The largest absolute Gasteiger partial charge is 0.496 e. The number of hydrogen-bond acceptors (Lipinski definition) is 2. The summed E-state index contributed by atoms with van der Waals surface area (Å²) in [4.78, 5) is 2.37. The summed E-state index contributed by atoms with van der Waals surface area (Å²) in [6.07, 6.45) is 0. The van der Waals surface area contributed by atoms with E-state index in [2.05, 4.69) is 201 Å². The fourth-order valence-corrected chi connectivity index (χ4v) is 8.19. The van der Waals surface area contributed by atoms with Crippen LogP contribution >= 0.6 is 0 Å². The lowest BCUT2D eigenvalue weighted by molar-refractivity contribution is 0.416. The molecule has 8 aromatic rings. The van der Waals surface area contributed by atoms with Gasteiger partial charge in [-0.2, -0.15) is 0 Å². The first-order valence-corrected chi connectivity index (χ1v) is 18.6. The minimum Gasteiger partial charge on any atom is -0.496 e. The van der Waals surface area contributed by atoms with Crippen LogP contribution in [0.4, 0.5) is 17.1 Å². The Labute approximate surface area is 318 Å². The maximum atomic E-state index is 5.76. The number of nitrogens with zero attached hydrogens (tertiary/aromatic N) is 1. The van der Waals surface area contributed by atoms with E-state index in [-0.39, 0.29) is 5.41 Å². The molecule has 0 N–H and O–H groups in total. The summed E-state index contributed by atoms with van der Waals surface area (Å²) in [7, 11) is 1.74. The van der Waals surface area contributed by atoms with Gasteiger partial charge in [-0.05, 0) is 116 Å². The zero-order valence-electron chi connectivity index (χ0n) is 30.8. The molecule has 0 bridgehead atoms. The van der Waals surface area contributed by atoms with Gasteiger partial charge in [-0.1, -0.05) is 153 Å². The molecule has 0 atom stereocenters. The van der Waals surface area contributed by atoms with Crippen molar-refractivity contribution < 1.29 is 4.74 Å². The van der Waals surface area contributed by atoms with Gasteiger partial charge in [0.15, 0.2) is 0 Å².